The molecule has 2 aromatic heterocycles. The molecule has 0 aliphatic rings. The van der Waals surface area contributed by atoms with Crippen molar-refractivity contribution in [3.8, 4) is 11.6 Å². The van der Waals surface area contributed by atoms with Crippen LogP contribution in [0.3, 0.4) is 0 Å². The molecule has 3 rings (SSSR count). The van der Waals surface area contributed by atoms with E-state index in [1.165, 1.54) is 10.8 Å². The number of rotatable bonds is 2. The number of fused-ring (bicyclic) bond motifs is 1. The van der Waals surface area contributed by atoms with Crippen molar-refractivity contribution in [2.24, 2.45) is 0 Å². The maximum absolute atomic E-state index is 5.89. The van der Waals surface area contributed by atoms with Gasteiger partial charge in [-0.15, -0.1) is 0 Å². The van der Waals surface area contributed by atoms with E-state index in [4.69, 9.17) is 16.3 Å². The molecule has 0 bridgehead atoms. The lowest BCUT2D eigenvalue weighted by Gasteiger charge is -2.06. The Morgan fingerprint density at radius 1 is 1.22 bits per heavy atom. The average molecular weight is 326 g/mol. The summed E-state index contributed by atoms with van der Waals surface area (Å²) < 4.78 is 8.16. The van der Waals surface area contributed by atoms with E-state index in [0.29, 0.717) is 22.6 Å². The molecule has 0 amide bonds. The number of halogens is 2. The van der Waals surface area contributed by atoms with Crippen LogP contribution >= 0.6 is 27.5 Å². The number of benzene rings is 1. The van der Waals surface area contributed by atoms with Crippen LogP contribution in [0.15, 0.2) is 41.1 Å². The average Bonchev–Trinajstić information content (AvgIpc) is 2.80. The standard InChI is InChI=1S/C11H6BrClN4O/c12-7-1-3-8(4-2-7)18-10-5-9(13)16-11-14-6-15-17(10)11/h1-6H. The van der Waals surface area contributed by atoms with Gasteiger partial charge in [-0.25, -0.2) is 0 Å². The Labute approximate surface area is 116 Å². The topological polar surface area (TPSA) is 52.3 Å². The van der Waals surface area contributed by atoms with Crippen molar-refractivity contribution in [1.29, 1.82) is 0 Å². The van der Waals surface area contributed by atoms with Gasteiger partial charge >= 0.3 is 0 Å². The molecular formula is C11H6BrClN4O. The predicted octanol–water partition coefficient (Wildman–Crippen LogP) is 3.33. The summed E-state index contributed by atoms with van der Waals surface area (Å²) in [5, 5.41) is 4.33. The Bertz CT molecular complexity index is 698. The van der Waals surface area contributed by atoms with Crippen LogP contribution in [0.4, 0.5) is 0 Å². The third kappa shape index (κ3) is 2.16. The van der Waals surface area contributed by atoms with Gasteiger partial charge in [0.1, 0.15) is 17.2 Å². The van der Waals surface area contributed by atoms with E-state index < -0.39 is 0 Å². The van der Waals surface area contributed by atoms with E-state index in [0.717, 1.165) is 4.47 Å². The summed E-state index contributed by atoms with van der Waals surface area (Å²) in [5.41, 5.74) is 0. The summed E-state index contributed by atoms with van der Waals surface area (Å²) in [6.07, 6.45) is 1.40. The molecule has 0 unspecified atom stereocenters. The molecule has 1 aromatic carbocycles. The molecular weight excluding hydrogens is 320 g/mol. The van der Waals surface area contributed by atoms with Crippen molar-refractivity contribution in [2.45, 2.75) is 0 Å². The SMILES string of the molecule is Clc1cc(Oc2ccc(Br)cc2)n2ncnc2n1. The zero-order valence-electron chi connectivity index (χ0n) is 8.92. The maximum Gasteiger partial charge on any atom is 0.256 e. The van der Waals surface area contributed by atoms with Gasteiger partial charge in [-0.05, 0) is 24.3 Å². The smallest absolute Gasteiger partial charge is 0.256 e. The number of hydrogen-bond acceptors (Lipinski definition) is 4. The van der Waals surface area contributed by atoms with Crippen LogP contribution in [0, 0.1) is 0 Å². The van der Waals surface area contributed by atoms with E-state index in [1.807, 2.05) is 24.3 Å². The summed E-state index contributed by atoms with van der Waals surface area (Å²) >= 11 is 9.25. The molecule has 0 aliphatic heterocycles. The summed E-state index contributed by atoms with van der Waals surface area (Å²) in [5.74, 6) is 1.54. The van der Waals surface area contributed by atoms with Gasteiger partial charge in [-0.2, -0.15) is 19.6 Å². The lowest BCUT2D eigenvalue weighted by Crippen LogP contribution is -1.97. The monoisotopic (exact) mass is 324 g/mol. The van der Waals surface area contributed by atoms with Crippen molar-refractivity contribution >= 4 is 33.3 Å². The molecule has 0 fully saturated rings. The first-order valence-electron chi connectivity index (χ1n) is 5.02. The number of ether oxygens (including phenoxy) is 1. The molecule has 0 saturated carbocycles. The summed E-state index contributed by atoms with van der Waals surface area (Å²) in [7, 11) is 0. The van der Waals surface area contributed by atoms with Crippen molar-refractivity contribution in [1.82, 2.24) is 19.6 Å². The molecule has 7 heteroatoms. The third-order valence-corrected chi connectivity index (χ3v) is 2.95. The lowest BCUT2D eigenvalue weighted by molar-refractivity contribution is 0.446. The van der Waals surface area contributed by atoms with Crippen LogP contribution in [0.1, 0.15) is 0 Å². The molecule has 5 nitrogen and oxygen atoms in total. The van der Waals surface area contributed by atoms with E-state index in [2.05, 4.69) is 31.0 Å². The van der Waals surface area contributed by atoms with Gasteiger partial charge in [0.25, 0.3) is 5.78 Å². The zero-order chi connectivity index (χ0) is 12.5. The highest BCUT2D eigenvalue weighted by Gasteiger charge is 2.08. The minimum Gasteiger partial charge on any atom is -0.439 e. The van der Waals surface area contributed by atoms with Crippen molar-refractivity contribution in [2.75, 3.05) is 0 Å². The minimum atomic E-state index is 0.308. The number of hydrogen-bond donors (Lipinski definition) is 0. The second kappa shape index (κ2) is 4.55. The Morgan fingerprint density at radius 2 is 2.00 bits per heavy atom. The zero-order valence-corrected chi connectivity index (χ0v) is 11.3. The van der Waals surface area contributed by atoms with E-state index >= 15 is 0 Å². The molecule has 3 aromatic rings. The van der Waals surface area contributed by atoms with Gasteiger partial charge in [-0.3, -0.25) is 0 Å². The quantitative estimate of drug-likeness (QED) is 0.678. The Hall–Kier alpha value is -1.66. The number of aromatic nitrogens is 4. The first-order chi connectivity index (χ1) is 8.72. The Kier molecular flexibility index (Phi) is 2.89. The summed E-state index contributed by atoms with van der Waals surface area (Å²) in [6.45, 7) is 0. The number of nitrogens with zero attached hydrogens (tertiary/aromatic N) is 4. The van der Waals surface area contributed by atoms with Gasteiger partial charge in [0.15, 0.2) is 0 Å². The largest absolute Gasteiger partial charge is 0.439 e. The molecule has 0 spiro atoms. The highest BCUT2D eigenvalue weighted by atomic mass is 79.9. The van der Waals surface area contributed by atoms with Crippen LogP contribution in [0.5, 0.6) is 11.6 Å². The highest BCUT2D eigenvalue weighted by molar-refractivity contribution is 9.10. The van der Waals surface area contributed by atoms with Crippen LogP contribution in [-0.2, 0) is 0 Å². The van der Waals surface area contributed by atoms with Crippen LogP contribution in [-0.4, -0.2) is 19.6 Å². The van der Waals surface area contributed by atoms with Crippen molar-refractivity contribution in [3.63, 3.8) is 0 Å². The lowest BCUT2D eigenvalue weighted by atomic mass is 10.3. The van der Waals surface area contributed by atoms with Crippen molar-refractivity contribution in [3.05, 3.63) is 46.3 Å². The molecule has 90 valence electrons. The molecule has 0 aliphatic carbocycles. The van der Waals surface area contributed by atoms with Crippen LogP contribution < -0.4 is 4.74 Å². The van der Waals surface area contributed by atoms with E-state index in [1.54, 1.807) is 6.07 Å². The van der Waals surface area contributed by atoms with E-state index in [9.17, 15) is 0 Å². The first kappa shape index (κ1) is 11.4. The first-order valence-corrected chi connectivity index (χ1v) is 6.19. The predicted molar refractivity (Wildman–Crippen MR) is 70.0 cm³/mol. The Morgan fingerprint density at radius 3 is 2.78 bits per heavy atom. The normalized spacial score (nSPS) is 10.8. The van der Waals surface area contributed by atoms with Gasteiger partial charge in [0.2, 0.25) is 5.88 Å². The molecule has 0 radical (unpaired) electrons. The summed E-state index contributed by atoms with van der Waals surface area (Å²) in [6, 6.07) is 9.03. The fourth-order valence-electron chi connectivity index (χ4n) is 1.45. The fraction of sp³-hybridized carbons (Fsp3) is 0. The van der Waals surface area contributed by atoms with Gasteiger partial charge < -0.3 is 4.74 Å². The second-order valence-electron chi connectivity index (χ2n) is 3.44. The van der Waals surface area contributed by atoms with Crippen molar-refractivity contribution < 1.29 is 4.74 Å². The van der Waals surface area contributed by atoms with Crippen LogP contribution in [0.25, 0.3) is 5.78 Å². The van der Waals surface area contributed by atoms with E-state index in [-0.39, 0.29) is 0 Å². The van der Waals surface area contributed by atoms with Crippen LogP contribution in [0.2, 0.25) is 5.15 Å². The fourth-order valence-corrected chi connectivity index (χ4v) is 1.89. The highest BCUT2D eigenvalue weighted by Crippen LogP contribution is 2.24. The van der Waals surface area contributed by atoms with Gasteiger partial charge in [-0.1, -0.05) is 27.5 Å². The van der Waals surface area contributed by atoms with Gasteiger partial charge in [0, 0.05) is 10.5 Å². The second-order valence-corrected chi connectivity index (χ2v) is 4.75. The summed E-state index contributed by atoms with van der Waals surface area (Å²) in [4.78, 5) is 7.98. The molecule has 0 saturated heterocycles. The maximum atomic E-state index is 5.89. The van der Waals surface area contributed by atoms with Gasteiger partial charge in [0.05, 0.1) is 0 Å². The molecule has 18 heavy (non-hydrogen) atoms. The molecule has 0 atom stereocenters. The third-order valence-electron chi connectivity index (χ3n) is 2.22. The molecule has 2 heterocycles. The minimum absolute atomic E-state index is 0.308. The molecule has 0 N–H and O–H groups in total. The Balaban J connectivity index is 2.03.